The first-order valence-electron chi connectivity index (χ1n) is 6.69. The van der Waals surface area contributed by atoms with Crippen molar-refractivity contribution in [3.05, 3.63) is 71.3 Å². The van der Waals surface area contributed by atoms with Crippen molar-refractivity contribution in [3.63, 3.8) is 0 Å². The molecule has 2 aromatic carbocycles. The maximum atomic E-state index is 12.7. The van der Waals surface area contributed by atoms with Crippen LogP contribution in [0.4, 0.5) is 13.2 Å². The Morgan fingerprint density at radius 2 is 1.43 bits per heavy atom. The summed E-state index contributed by atoms with van der Waals surface area (Å²) in [4.78, 5) is 0. The Balaban J connectivity index is 2.13. The zero-order valence-electron chi connectivity index (χ0n) is 11.7. The fourth-order valence-electron chi connectivity index (χ4n) is 2.40. The zero-order chi connectivity index (χ0) is 15.5. The van der Waals surface area contributed by atoms with Crippen LogP contribution in [-0.4, -0.2) is 10.7 Å². The molecule has 0 amide bonds. The maximum Gasteiger partial charge on any atom is 0.416 e. The first kappa shape index (κ1) is 15.6. The van der Waals surface area contributed by atoms with E-state index in [1.807, 2.05) is 30.3 Å². The van der Waals surface area contributed by atoms with Gasteiger partial charge in [0.1, 0.15) is 0 Å². The Bertz CT molecular complexity index is 588. The molecule has 0 aliphatic carbocycles. The number of benzene rings is 2. The standard InChI is InChI=1S/C17H17F3O/c1-16(21,11-13-6-3-2-4-7-13)12-14-8-5-9-15(10-14)17(18,19)20/h2-10,21H,11-12H2,1H3. The zero-order valence-corrected chi connectivity index (χ0v) is 11.7. The Morgan fingerprint density at radius 1 is 0.857 bits per heavy atom. The normalized spacial score (nSPS) is 14.7. The van der Waals surface area contributed by atoms with E-state index in [0.29, 0.717) is 12.0 Å². The molecule has 2 aromatic rings. The molecule has 4 heteroatoms. The molecule has 0 aromatic heterocycles. The van der Waals surface area contributed by atoms with E-state index in [2.05, 4.69) is 0 Å². The lowest BCUT2D eigenvalue weighted by molar-refractivity contribution is -0.137. The van der Waals surface area contributed by atoms with E-state index in [4.69, 9.17) is 0 Å². The summed E-state index contributed by atoms with van der Waals surface area (Å²) >= 11 is 0. The van der Waals surface area contributed by atoms with Gasteiger partial charge in [-0.05, 0) is 24.1 Å². The first-order valence-corrected chi connectivity index (χ1v) is 6.69. The number of hydrogen-bond acceptors (Lipinski definition) is 1. The Hall–Kier alpha value is -1.81. The van der Waals surface area contributed by atoms with E-state index in [0.717, 1.165) is 17.7 Å². The minimum Gasteiger partial charge on any atom is -0.389 e. The van der Waals surface area contributed by atoms with Crippen LogP contribution in [0.5, 0.6) is 0 Å². The van der Waals surface area contributed by atoms with Gasteiger partial charge in [0.2, 0.25) is 0 Å². The maximum absolute atomic E-state index is 12.7. The van der Waals surface area contributed by atoms with Gasteiger partial charge in [-0.3, -0.25) is 0 Å². The van der Waals surface area contributed by atoms with Crippen LogP contribution in [0.2, 0.25) is 0 Å². The second-order valence-corrected chi connectivity index (χ2v) is 5.53. The highest BCUT2D eigenvalue weighted by molar-refractivity contribution is 5.27. The highest BCUT2D eigenvalue weighted by Gasteiger charge is 2.31. The van der Waals surface area contributed by atoms with Crippen molar-refractivity contribution in [3.8, 4) is 0 Å². The molecular formula is C17H17F3O. The number of alkyl halides is 3. The van der Waals surface area contributed by atoms with Crippen LogP contribution in [0.1, 0.15) is 23.6 Å². The van der Waals surface area contributed by atoms with Gasteiger partial charge in [0.15, 0.2) is 0 Å². The summed E-state index contributed by atoms with van der Waals surface area (Å²) in [5, 5.41) is 10.4. The second-order valence-electron chi connectivity index (χ2n) is 5.53. The van der Waals surface area contributed by atoms with Crippen LogP contribution in [0.15, 0.2) is 54.6 Å². The van der Waals surface area contributed by atoms with Gasteiger partial charge in [0, 0.05) is 12.8 Å². The van der Waals surface area contributed by atoms with Gasteiger partial charge in [-0.2, -0.15) is 13.2 Å². The second kappa shape index (κ2) is 5.90. The minimum absolute atomic E-state index is 0.172. The molecule has 112 valence electrons. The summed E-state index contributed by atoms with van der Waals surface area (Å²) in [6.45, 7) is 1.64. The van der Waals surface area contributed by atoms with E-state index in [9.17, 15) is 18.3 Å². The van der Waals surface area contributed by atoms with Crippen LogP contribution in [0, 0.1) is 0 Å². The highest BCUT2D eigenvalue weighted by atomic mass is 19.4. The lowest BCUT2D eigenvalue weighted by Gasteiger charge is -2.24. The van der Waals surface area contributed by atoms with E-state index in [1.165, 1.54) is 6.07 Å². The van der Waals surface area contributed by atoms with Crippen LogP contribution in [0.25, 0.3) is 0 Å². The summed E-state index contributed by atoms with van der Waals surface area (Å²) in [6.07, 6.45) is -3.79. The molecule has 21 heavy (non-hydrogen) atoms. The third kappa shape index (κ3) is 4.60. The Morgan fingerprint density at radius 3 is 2.05 bits per heavy atom. The van der Waals surface area contributed by atoms with Crippen LogP contribution >= 0.6 is 0 Å². The van der Waals surface area contributed by atoms with Crippen LogP contribution in [-0.2, 0) is 19.0 Å². The fraction of sp³-hybridized carbons (Fsp3) is 0.294. The average Bonchev–Trinajstić information content (AvgIpc) is 2.38. The third-order valence-electron chi connectivity index (χ3n) is 3.27. The SMILES string of the molecule is CC(O)(Cc1ccccc1)Cc1cccc(C(F)(F)F)c1. The lowest BCUT2D eigenvalue weighted by Crippen LogP contribution is -2.30. The molecule has 0 heterocycles. The molecule has 0 bridgehead atoms. The average molecular weight is 294 g/mol. The molecule has 2 rings (SSSR count). The van der Waals surface area contributed by atoms with Crippen molar-refractivity contribution in [2.75, 3.05) is 0 Å². The molecule has 0 radical (unpaired) electrons. The highest BCUT2D eigenvalue weighted by Crippen LogP contribution is 2.30. The molecule has 0 aliphatic rings. The third-order valence-corrected chi connectivity index (χ3v) is 3.27. The van der Waals surface area contributed by atoms with Crippen molar-refractivity contribution >= 4 is 0 Å². The van der Waals surface area contributed by atoms with E-state index in [-0.39, 0.29) is 6.42 Å². The van der Waals surface area contributed by atoms with Crippen molar-refractivity contribution in [1.82, 2.24) is 0 Å². The van der Waals surface area contributed by atoms with Gasteiger partial charge in [0.25, 0.3) is 0 Å². The van der Waals surface area contributed by atoms with Crippen molar-refractivity contribution in [1.29, 1.82) is 0 Å². The summed E-state index contributed by atoms with van der Waals surface area (Å²) in [5.41, 5.74) is -0.346. The van der Waals surface area contributed by atoms with Crippen molar-refractivity contribution in [2.24, 2.45) is 0 Å². The molecular weight excluding hydrogens is 277 g/mol. The van der Waals surface area contributed by atoms with Crippen LogP contribution in [0.3, 0.4) is 0 Å². The van der Waals surface area contributed by atoms with Crippen molar-refractivity contribution in [2.45, 2.75) is 31.5 Å². The molecule has 0 aliphatic heterocycles. The van der Waals surface area contributed by atoms with Gasteiger partial charge in [-0.25, -0.2) is 0 Å². The number of hydrogen-bond donors (Lipinski definition) is 1. The first-order chi connectivity index (χ1) is 9.76. The largest absolute Gasteiger partial charge is 0.416 e. The predicted octanol–water partition coefficient (Wildman–Crippen LogP) is 4.24. The van der Waals surface area contributed by atoms with E-state index >= 15 is 0 Å². The molecule has 1 unspecified atom stereocenters. The lowest BCUT2D eigenvalue weighted by atomic mass is 9.89. The predicted molar refractivity (Wildman–Crippen MR) is 75.9 cm³/mol. The van der Waals surface area contributed by atoms with Gasteiger partial charge >= 0.3 is 6.18 Å². The topological polar surface area (TPSA) is 20.2 Å². The quantitative estimate of drug-likeness (QED) is 0.894. The fourth-order valence-corrected chi connectivity index (χ4v) is 2.40. The molecule has 0 saturated carbocycles. The van der Waals surface area contributed by atoms with Crippen LogP contribution < -0.4 is 0 Å². The smallest absolute Gasteiger partial charge is 0.389 e. The van der Waals surface area contributed by atoms with Gasteiger partial charge in [-0.15, -0.1) is 0 Å². The molecule has 0 spiro atoms. The Kier molecular flexibility index (Phi) is 4.37. The molecule has 0 saturated heterocycles. The molecule has 1 N–H and O–H groups in total. The van der Waals surface area contributed by atoms with E-state index in [1.54, 1.807) is 13.0 Å². The minimum atomic E-state index is -4.36. The van der Waals surface area contributed by atoms with E-state index < -0.39 is 17.3 Å². The molecule has 1 atom stereocenters. The van der Waals surface area contributed by atoms with Crippen molar-refractivity contribution < 1.29 is 18.3 Å². The number of rotatable bonds is 4. The monoisotopic (exact) mass is 294 g/mol. The summed E-state index contributed by atoms with van der Waals surface area (Å²) in [6, 6.07) is 14.5. The van der Waals surface area contributed by atoms with Gasteiger partial charge < -0.3 is 5.11 Å². The molecule has 0 fully saturated rings. The van der Waals surface area contributed by atoms with Gasteiger partial charge in [-0.1, -0.05) is 48.5 Å². The Labute approximate surface area is 122 Å². The number of halogens is 3. The summed E-state index contributed by atoms with van der Waals surface area (Å²) in [5.74, 6) is 0. The number of aliphatic hydroxyl groups is 1. The van der Waals surface area contributed by atoms with Gasteiger partial charge in [0.05, 0.1) is 11.2 Å². The molecule has 1 nitrogen and oxygen atoms in total. The summed E-state index contributed by atoms with van der Waals surface area (Å²) in [7, 11) is 0. The summed E-state index contributed by atoms with van der Waals surface area (Å²) < 4.78 is 38.1.